The number of urea groups is 1. The molecule has 6 heteroatoms. The molecule has 1 aliphatic heterocycles. The van der Waals surface area contributed by atoms with Gasteiger partial charge < -0.3 is 10.6 Å². The summed E-state index contributed by atoms with van der Waals surface area (Å²) < 4.78 is 0. The number of hydrogen-bond acceptors (Lipinski definition) is 3. The molecule has 3 rings (SSSR count). The van der Waals surface area contributed by atoms with Crippen molar-refractivity contribution in [2.45, 2.75) is 45.6 Å². The van der Waals surface area contributed by atoms with E-state index in [0.29, 0.717) is 18.0 Å². The van der Waals surface area contributed by atoms with Crippen molar-refractivity contribution in [3.63, 3.8) is 0 Å². The lowest BCUT2D eigenvalue weighted by molar-refractivity contribution is -0.134. The highest BCUT2D eigenvalue weighted by atomic mass is 16.2. The Kier molecular flexibility index (Phi) is 6.25. The quantitative estimate of drug-likeness (QED) is 0.674. The molecule has 0 aromatic heterocycles. The Morgan fingerprint density at radius 3 is 2.20 bits per heavy atom. The third-order valence-electron chi connectivity index (χ3n) is 5.32. The molecule has 0 bridgehead atoms. The molecule has 2 N–H and O–H groups in total. The van der Waals surface area contributed by atoms with Crippen molar-refractivity contribution in [3.05, 3.63) is 65.7 Å². The van der Waals surface area contributed by atoms with Gasteiger partial charge in [-0.3, -0.25) is 14.5 Å². The first-order chi connectivity index (χ1) is 14.2. The molecule has 2 aromatic rings. The van der Waals surface area contributed by atoms with Crippen LogP contribution in [0.3, 0.4) is 0 Å². The third kappa shape index (κ3) is 4.37. The van der Waals surface area contributed by atoms with Gasteiger partial charge in [0.15, 0.2) is 0 Å². The van der Waals surface area contributed by atoms with E-state index in [1.54, 1.807) is 0 Å². The summed E-state index contributed by atoms with van der Waals surface area (Å²) in [6, 6.07) is 16.2. The summed E-state index contributed by atoms with van der Waals surface area (Å²) in [4.78, 5) is 39.6. The van der Waals surface area contributed by atoms with Crippen LogP contribution in [0, 0.1) is 5.92 Å². The molecular weight excluding hydrogens is 378 g/mol. The molecule has 2 aromatic carbocycles. The molecule has 30 heavy (non-hydrogen) atoms. The summed E-state index contributed by atoms with van der Waals surface area (Å²) in [7, 11) is 0. The molecule has 0 saturated carbocycles. The zero-order valence-corrected chi connectivity index (χ0v) is 17.9. The van der Waals surface area contributed by atoms with Gasteiger partial charge in [-0.1, -0.05) is 70.2 Å². The van der Waals surface area contributed by atoms with Crippen molar-refractivity contribution in [1.29, 1.82) is 0 Å². The summed E-state index contributed by atoms with van der Waals surface area (Å²) in [6.45, 7) is 7.87. The van der Waals surface area contributed by atoms with Crippen molar-refractivity contribution in [2.75, 3.05) is 11.9 Å². The number of nitrogens with one attached hydrogen (secondary N) is 2. The molecule has 0 aliphatic carbocycles. The zero-order chi connectivity index (χ0) is 21.9. The largest absolute Gasteiger partial charge is 0.325 e. The molecule has 1 atom stereocenters. The fourth-order valence-corrected chi connectivity index (χ4v) is 3.85. The van der Waals surface area contributed by atoms with Crippen molar-refractivity contribution in [3.8, 4) is 0 Å². The number of carbonyl (C=O) groups excluding carboxylic acids is 3. The Labute approximate surface area is 177 Å². The lowest BCUT2D eigenvalue weighted by Crippen LogP contribution is -2.45. The van der Waals surface area contributed by atoms with Gasteiger partial charge in [0, 0.05) is 5.69 Å². The van der Waals surface area contributed by atoms with Gasteiger partial charge in [0.1, 0.15) is 12.1 Å². The number of amides is 4. The van der Waals surface area contributed by atoms with Crippen LogP contribution in [0.15, 0.2) is 54.6 Å². The number of anilines is 1. The summed E-state index contributed by atoms with van der Waals surface area (Å²) >= 11 is 0. The van der Waals surface area contributed by atoms with Crippen molar-refractivity contribution >= 4 is 23.5 Å². The maximum atomic E-state index is 13.3. The van der Waals surface area contributed by atoms with E-state index in [4.69, 9.17) is 0 Å². The van der Waals surface area contributed by atoms with Crippen molar-refractivity contribution < 1.29 is 14.4 Å². The molecule has 0 radical (unpaired) electrons. The minimum absolute atomic E-state index is 0.169. The third-order valence-corrected chi connectivity index (χ3v) is 5.32. The predicted octanol–water partition coefficient (Wildman–Crippen LogP) is 4.24. The van der Waals surface area contributed by atoms with E-state index in [9.17, 15) is 14.4 Å². The van der Waals surface area contributed by atoms with Crippen LogP contribution in [0.25, 0.3) is 0 Å². The number of rotatable bonds is 7. The summed E-state index contributed by atoms with van der Waals surface area (Å²) in [5.41, 5.74) is 1.38. The molecule has 1 fully saturated rings. The number of hydrogen-bond donors (Lipinski definition) is 2. The average Bonchev–Trinajstić information content (AvgIpc) is 2.93. The summed E-state index contributed by atoms with van der Waals surface area (Å²) in [6.07, 6.45) is 0.455. The van der Waals surface area contributed by atoms with E-state index in [-0.39, 0.29) is 12.5 Å². The predicted molar refractivity (Wildman–Crippen MR) is 117 cm³/mol. The molecule has 158 valence electrons. The number of carbonyl (C=O) groups is 3. The molecule has 1 unspecified atom stereocenters. The van der Waals surface area contributed by atoms with Crippen LogP contribution in [0.1, 0.15) is 51.2 Å². The smallest absolute Gasteiger partial charge is 0.325 e. The van der Waals surface area contributed by atoms with Crippen LogP contribution in [0.4, 0.5) is 10.5 Å². The van der Waals surface area contributed by atoms with E-state index >= 15 is 0 Å². The fourth-order valence-electron chi connectivity index (χ4n) is 3.85. The van der Waals surface area contributed by atoms with Crippen LogP contribution in [0.5, 0.6) is 0 Å². The molecular formula is C24H29N3O3. The molecule has 1 heterocycles. The zero-order valence-electron chi connectivity index (χ0n) is 17.9. The summed E-state index contributed by atoms with van der Waals surface area (Å²) in [5.74, 6) is -0.239. The van der Waals surface area contributed by atoms with Gasteiger partial charge >= 0.3 is 6.03 Å². The molecule has 0 spiro atoms. The highest BCUT2D eigenvalue weighted by Crippen LogP contribution is 2.35. The Hall–Kier alpha value is -3.15. The molecule has 1 aliphatic rings. The Morgan fingerprint density at radius 2 is 1.63 bits per heavy atom. The minimum Gasteiger partial charge on any atom is -0.325 e. The second-order valence-electron chi connectivity index (χ2n) is 8.52. The normalized spacial score (nSPS) is 18.8. The second-order valence-corrected chi connectivity index (χ2v) is 8.52. The number of benzene rings is 2. The second kappa shape index (κ2) is 8.69. The SMILES string of the molecule is CC(C)CC1(c2ccccc2)NC(=O)N(CC(=O)Nc2ccc(C(C)C)cc2)C1=O. The molecule has 4 amide bonds. The van der Waals surface area contributed by atoms with Gasteiger partial charge in [-0.05, 0) is 41.5 Å². The van der Waals surface area contributed by atoms with Gasteiger partial charge in [-0.2, -0.15) is 0 Å². The fraction of sp³-hybridized carbons (Fsp3) is 0.375. The summed E-state index contributed by atoms with van der Waals surface area (Å²) in [5, 5.41) is 5.63. The topological polar surface area (TPSA) is 78.5 Å². The monoisotopic (exact) mass is 407 g/mol. The van der Waals surface area contributed by atoms with Gasteiger partial charge in [0.05, 0.1) is 0 Å². The van der Waals surface area contributed by atoms with E-state index < -0.39 is 23.4 Å². The first-order valence-corrected chi connectivity index (χ1v) is 10.3. The minimum atomic E-state index is -1.15. The van der Waals surface area contributed by atoms with Crippen molar-refractivity contribution in [1.82, 2.24) is 10.2 Å². The number of imide groups is 1. The average molecular weight is 408 g/mol. The van der Waals surface area contributed by atoms with E-state index in [1.807, 2.05) is 68.4 Å². The molecule has 1 saturated heterocycles. The van der Waals surface area contributed by atoms with Crippen LogP contribution in [-0.2, 0) is 15.1 Å². The van der Waals surface area contributed by atoms with E-state index in [1.165, 1.54) is 5.56 Å². The van der Waals surface area contributed by atoms with Crippen molar-refractivity contribution in [2.24, 2.45) is 5.92 Å². The van der Waals surface area contributed by atoms with Gasteiger partial charge in [0.25, 0.3) is 5.91 Å². The molecule has 6 nitrogen and oxygen atoms in total. The van der Waals surface area contributed by atoms with Gasteiger partial charge in [-0.25, -0.2) is 4.79 Å². The van der Waals surface area contributed by atoms with Crippen LogP contribution in [0.2, 0.25) is 0 Å². The van der Waals surface area contributed by atoms with Crippen LogP contribution in [-0.4, -0.2) is 29.3 Å². The first-order valence-electron chi connectivity index (χ1n) is 10.3. The van der Waals surface area contributed by atoms with Gasteiger partial charge in [-0.15, -0.1) is 0 Å². The highest BCUT2D eigenvalue weighted by Gasteiger charge is 2.52. The van der Waals surface area contributed by atoms with E-state index in [2.05, 4.69) is 24.5 Å². The number of nitrogens with zero attached hydrogens (tertiary/aromatic N) is 1. The Bertz CT molecular complexity index is 922. The Morgan fingerprint density at radius 1 is 1.00 bits per heavy atom. The van der Waals surface area contributed by atoms with Gasteiger partial charge in [0.2, 0.25) is 5.91 Å². The lowest BCUT2D eigenvalue weighted by atomic mass is 9.82. The van der Waals surface area contributed by atoms with E-state index in [0.717, 1.165) is 10.5 Å². The van der Waals surface area contributed by atoms with Crippen LogP contribution >= 0.6 is 0 Å². The maximum Gasteiger partial charge on any atom is 0.325 e. The Balaban J connectivity index is 1.77. The lowest BCUT2D eigenvalue weighted by Gasteiger charge is -2.29. The standard InChI is InChI=1S/C24H29N3O3/c1-16(2)14-24(19-8-6-5-7-9-19)22(29)27(23(30)26-24)15-21(28)25-20-12-10-18(11-13-20)17(3)4/h5-13,16-17H,14-15H2,1-4H3,(H,25,28)(H,26,30). The maximum absolute atomic E-state index is 13.3. The van der Waals surface area contributed by atoms with Crippen LogP contribution < -0.4 is 10.6 Å². The highest BCUT2D eigenvalue weighted by molar-refractivity contribution is 6.10. The first kappa shape index (κ1) is 21.6.